The average molecular weight is 306 g/mol. The van der Waals surface area contributed by atoms with E-state index in [4.69, 9.17) is 5.73 Å². The lowest BCUT2D eigenvalue weighted by molar-refractivity contribution is 1.03. The van der Waals surface area contributed by atoms with E-state index in [9.17, 15) is 0 Å². The van der Waals surface area contributed by atoms with Crippen molar-refractivity contribution in [1.82, 2.24) is 4.98 Å². The van der Waals surface area contributed by atoms with E-state index >= 15 is 0 Å². The van der Waals surface area contributed by atoms with Gasteiger partial charge >= 0.3 is 0 Å². The van der Waals surface area contributed by atoms with Crippen LogP contribution >= 0.6 is 15.9 Å². The summed E-state index contributed by atoms with van der Waals surface area (Å²) in [5, 5.41) is 3.27. The van der Waals surface area contributed by atoms with Crippen LogP contribution < -0.4 is 11.1 Å². The molecule has 0 spiro atoms. The van der Waals surface area contributed by atoms with Crippen LogP contribution in [0.3, 0.4) is 0 Å². The van der Waals surface area contributed by atoms with E-state index in [0.29, 0.717) is 5.69 Å². The molecule has 0 saturated heterocycles. The zero-order valence-electron chi connectivity index (χ0n) is 10.3. The zero-order chi connectivity index (χ0) is 13.0. The van der Waals surface area contributed by atoms with E-state index in [0.717, 1.165) is 23.3 Å². The number of halogens is 1. The summed E-state index contributed by atoms with van der Waals surface area (Å²) < 4.78 is 0.888. The second-order valence-corrected chi connectivity index (χ2v) is 4.98. The highest BCUT2D eigenvalue weighted by molar-refractivity contribution is 9.10. The molecule has 94 valence electrons. The number of nitrogen functional groups attached to an aromatic ring is 1. The van der Waals surface area contributed by atoms with Gasteiger partial charge in [-0.15, -0.1) is 0 Å². The molecule has 2 rings (SSSR count). The number of benzene rings is 1. The summed E-state index contributed by atoms with van der Waals surface area (Å²) in [6.45, 7) is 2.90. The van der Waals surface area contributed by atoms with Crippen molar-refractivity contribution in [3.8, 4) is 0 Å². The number of nitrogens with zero attached hydrogens (tertiary/aromatic N) is 1. The minimum absolute atomic E-state index is 0.651. The van der Waals surface area contributed by atoms with E-state index in [1.165, 1.54) is 11.1 Å². The largest absolute Gasteiger partial charge is 0.396 e. The van der Waals surface area contributed by atoms with Gasteiger partial charge in [-0.05, 0) is 39.5 Å². The molecule has 0 amide bonds. The third kappa shape index (κ3) is 3.01. The maximum absolute atomic E-state index is 5.90. The van der Waals surface area contributed by atoms with Crippen LogP contribution in [0.25, 0.3) is 0 Å². The molecule has 0 fully saturated rings. The fraction of sp³-hybridized carbons (Fsp3) is 0.214. The SMILES string of the molecule is CCc1ccccc1CNc1ncc(Br)cc1N. The topological polar surface area (TPSA) is 50.9 Å². The molecule has 1 aromatic carbocycles. The van der Waals surface area contributed by atoms with Crippen LogP contribution in [0.4, 0.5) is 11.5 Å². The van der Waals surface area contributed by atoms with Gasteiger partial charge in [0.1, 0.15) is 5.82 Å². The number of hydrogen-bond donors (Lipinski definition) is 2. The molecule has 0 saturated carbocycles. The van der Waals surface area contributed by atoms with Crippen LogP contribution in [0.1, 0.15) is 18.1 Å². The molecule has 2 aromatic rings. The van der Waals surface area contributed by atoms with Crippen LogP contribution in [0.2, 0.25) is 0 Å². The smallest absolute Gasteiger partial charge is 0.149 e. The minimum atomic E-state index is 0.651. The number of pyridine rings is 1. The molecule has 0 aliphatic carbocycles. The van der Waals surface area contributed by atoms with Gasteiger partial charge in [-0.2, -0.15) is 0 Å². The van der Waals surface area contributed by atoms with Crippen LogP contribution in [0.15, 0.2) is 41.0 Å². The molecule has 0 atom stereocenters. The summed E-state index contributed by atoms with van der Waals surface area (Å²) in [4.78, 5) is 4.27. The Kier molecular flexibility index (Phi) is 4.20. The highest BCUT2D eigenvalue weighted by atomic mass is 79.9. The molecule has 0 aliphatic rings. The highest BCUT2D eigenvalue weighted by Crippen LogP contribution is 2.21. The minimum Gasteiger partial charge on any atom is -0.396 e. The van der Waals surface area contributed by atoms with Crippen molar-refractivity contribution >= 4 is 27.4 Å². The first-order valence-electron chi connectivity index (χ1n) is 5.92. The second kappa shape index (κ2) is 5.87. The second-order valence-electron chi connectivity index (χ2n) is 4.07. The Labute approximate surface area is 116 Å². The number of aromatic nitrogens is 1. The lowest BCUT2D eigenvalue weighted by Crippen LogP contribution is -2.06. The van der Waals surface area contributed by atoms with Gasteiger partial charge in [-0.25, -0.2) is 4.98 Å². The van der Waals surface area contributed by atoms with Crippen LogP contribution in [-0.2, 0) is 13.0 Å². The van der Waals surface area contributed by atoms with Gasteiger partial charge in [-0.1, -0.05) is 31.2 Å². The lowest BCUT2D eigenvalue weighted by Gasteiger charge is -2.11. The Morgan fingerprint density at radius 2 is 2.00 bits per heavy atom. The summed E-state index contributed by atoms with van der Waals surface area (Å²) >= 11 is 3.34. The Bertz CT molecular complexity index is 540. The van der Waals surface area contributed by atoms with Gasteiger partial charge in [0.15, 0.2) is 0 Å². The van der Waals surface area contributed by atoms with E-state index in [1.807, 2.05) is 6.07 Å². The number of aryl methyl sites for hydroxylation is 1. The highest BCUT2D eigenvalue weighted by Gasteiger charge is 2.03. The predicted octanol–water partition coefficient (Wildman–Crippen LogP) is 3.60. The van der Waals surface area contributed by atoms with Crippen molar-refractivity contribution in [1.29, 1.82) is 0 Å². The summed E-state index contributed by atoms with van der Waals surface area (Å²) in [5.41, 5.74) is 9.18. The molecule has 4 heteroatoms. The van der Waals surface area contributed by atoms with Crippen molar-refractivity contribution in [3.05, 3.63) is 52.1 Å². The van der Waals surface area contributed by atoms with Crippen LogP contribution in [0.5, 0.6) is 0 Å². The van der Waals surface area contributed by atoms with Gasteiger partial charge in [0.25, 0.3) is 0 Å². The number of nitrogens with two attached hydrogens (primary N) is 1. The summed E-state index contributed by atoms with van der Waals surface area (Å²) in [6.07, 6.45) is 2.77. The summed E-state index contributed by atoms with van der Waals surface area (Å²) in [6, 6.07) is 10.2. The number of nitrogens with one attached hydrogen (secondary N) is 1. The Morgan fingerprint density at radius 3 is 2.67 bits per heavy atom. The van der Waals surface area contributed by atoms with Crippen LogP contribution in [-0.4, -0.2) is 4.98 Å². The number of anilines is 2. The van der Waals surface area contributed by atoms with Gasteiger partial charge in [0.05, 0.1) is 5.69 Å². The maximum Gasteiger partial charge on any atom is 0.149 e. The summed E-state index contributed by atoms with van der Waals surface area (Å²) in [7, 11) is 0. The molecular weight excluding hydrogens is 290 g/mol. The molecule has 0 aliphatic heterocycles. The third-order valence-electron chi connectivity index (χ3n) is 2.83. The fourth-order valence-electron chi connectivity index (χ4n) is 1.86. The number of rotatable bonds is 4. The van der Waals surface area contributed by atoms with Gasteiger partial charge in [0, 0.05) is 17.2 Å². The maximum atomic E-state index is 5.90. The monoisotopic (exact) mass is 305 g/mol. The quantitative estimate of drug-likeness (QED) is 0.907. The van der Waals surface area contributed by atoms with Crippen molar-refractivity contribution in [2.45, 2.75) is 19.9 Å². The van der Waals surface area contributed by atoms with Gasteiger partial charge in [0.2, 0.25) is 0 Å². The van der Waals surface area contributed by atoms with Crippen molar-refractivity contribution in [2.24, 2.45) is 0 Å². The standard InChI is InChI=1S/C14H16BrN3/c1-2-10-5-3-4-6-11(10)8-17-14-13(16)7-12(15)9-18-14/h3-7,9H,2,8,16H2,1H3,(H,17,18). The number of hydrogen-bond acceptors (Lipinski definition) is 3. The van der Waals surface area contributed by atoms with E-state index < -0.39 is 0 Å². The molecular formula is C14H16BrN3. The van der Waals surface area contributed by atoms with Gasteiger partial charge in [-0.3, -0.25) is 0 Å². The van der Waals surface area contributed by atoms with E-state index in [2.05, 4.69) is 57.4 Å². The normalized spacial score (nSPS) is 10.3. The zero-order valence-corrected chi connectivity index (χ0v) is 11.9. The Balaban J connectivity index is 2.11. The first-order valence-corrected chi connectivity index (χ1v) is 6.71. The molecule has 0 unspecified atom stereocenters. The average Bonchev–Trinajstić information content (AvgIpc) is 2.38. The third-order valence-corrected chi connectivity index (χ3v) is 3.26. The van der Waals surface area contributed by atoms with Crippen LogP contribution in [0, 0.1) is 0 Å². The molecule has 1 aromatic heterocycles. The molecule has 3 nitrogen and oxygen atoms in total. The van der Waals surface area contributed by atoms with E-state index in [-0.39, 0.29) is 0 Å². The predicted molar refractivity (Wildman–Crippen MR) is 79.5 cm³/mol. The Morgan fingerprint density at radius 1 is 1.28 bits per heavy atom. The molecule has 18 heavy (non-hydrogen) atoms. The van der Waals surface area contributed by atoms with Crippen molar-refractivity contribution < 1.29 is 0 Å². The fourth-order valence-corrected chi connectivity index (χ4v) is 2.21. The summed E-state index contributed by atoms with van der Waals surface area (Å²) in [5.74, 6) is 0.726. The molecule has 0 radical (unpaired) electrons. The Hall–Kier alpha value is -1.55. The first-order chi connectivity index (χ1) is 8.70. The lowest BCUT2D eigenvalue weighted by atomic mass is 10.1. The molecule has 0 bridgehead atoms. The first kappa shape index (κ1) is 12.9. The van der Waals surface area contributed by atoms with Crippen molar-refractivity contribution in [3.63, 3.8) is 0 Å². The van der Waals surface area contributed by atoms with E-state index in [1.54, 1.807) is 6.20 Å². The van der Waals surface area contributed by atoms with Gasteiger partial charge < -0.3 is 11.1 Å². The molecule has 1 heterocycles. The molecule has 3 N–H and O–H groups in total. The van der Waals surface area contributed by atoms with Crippen molar-refractivity contribution in [2.75, 3.05) is 11.1 Å².